The molecule has 0 aromatic heterocycles. The van der Waals surface area contributed by atoms with Crippen LogP contribution in [0, 0.1) is 6.92 Å². The van der Waals surface area contributed by atoms with E-state index in [1.807, 2.05) is 36.9 Å². The number of carbonyl (C=O) groups excluding carboxylic acids is 1. The maximum absolute atomic E-state index is 13.2. The van der Waals surface area contributed by atoms with E-state index in [4.69, 9.17) is 0 Å². The van der Waals surface area contributed by atoms with Crippen molar-refractivity contribution in [2.24, 2.45) is 0 Å². The summed E-state index contributed by atoms with van der Waals surface area (Å²) in [7, 11) is 0. The van der Waals surface area contributed by atoms with E-state index in [-0.39, 0.29) is 11.9 Å². The maximum atomic E-state index is 13.2. The highest BCUT2D eigenvalue weighted by Gasteiger charge is 2.35. The van der Waals surface area contributed by atoms with Crippen molar-refractivity contribution >= 4 is 17.7 Å². The fourth-order valence-corrected chi connectivity index (χ4v) is 4.43. The van der Waals surface area contributed by atoms with Crippen LogP contribution in [0.25, 0.3) is 0 Å². The van der Waals surface area contributed by atoms with Crippen LogP contribution >= 0.6 is 11.8 Å². The third-order valence-electron chi connectivity index (χ3n) is 4.66. The third-order valence-corrected chi connectivity index (χ3v) is 5.85. The van der Waals surface area contributed by atoms with E-state index in [1.54, 1.807) is 11.8 Å². The third kappa shape index (κ3) is 4.25. The first-order valence-corrected chi connectivity index (χ1v) is 9.61. The van der Waals surface area contributed by atoms with E-state index < -0.39 is 4.75 Å². The average Bonchev–Trinajstić information content (AvgIpc) is 2.62. The second-order valence-corrected chi connectivity index (χ2v) is 8.74. The number of nitrogens with zero attached hydrogens (tertiary/aromatic N) is 1. The second kappa shape index (κ2) is 7.63. The van der Waals surface area contributed by atoms with Gasteiger partial charge in [-0.05, 0) is 44.0 Å². The van der Waals surface area contributed by atoms with Crippen LogP contribution in [0.4, 0.5) is 0 Å². The van der Waals surface area contributed by atoms with Gasteiger partial charge >= 0.3 is 0 Å². The molecular weight excluding hydrogens is 328 g/mol. The molecule has 1 aliphatic rings. The minimum atomic E-state index is -0.477. The molecule has 25 heavy (non-hydrogen) atoms. The zero-order chi connectivity index (χ0) is 17.9. The molecule has 1 heterocycles. The predicted molar refractivity (Wildman–Crippen MR) is 105 cm³/mol. The van der Waals surface area contributed by atoms with Crippen LogP contribution in [-0.2, 0) is 4.79 Å². The van der Waals surface area contributed by atoms with Crippen LogP contribution < -0.4 is 5.32 Å². The summed E-state index contributed by atoms with van der Waals surface area (Å²) < 4.78 is -0.477. The van der Waals surface area contributed by atoms with Gasteiger partial charge in [0, 0.05) is 24.5 Å². The largest absolute Gasteiger partial charge is 0.338 e. The molecule has 3 rings (SSSR count). The molecule has 0 aliphatic carbocycles. The minimum absolute atomic E-state index is 0.205. The van der Waals surface area contributed by atoms with Crippen LogP contribution in [-0.4, -0.2) is 35.2 Å². The van der Waals surface area contributed by atoms with Gasteiger partial charge in [-0.15, -0.1) is 11.8 Å². The van der Waals surface area contributed by atoms with Crippen LogP contribution in [0.3, 0.4) is 0 Å². The predicted octanol–water partition coefficient (Wildman–Crippen LogP) is 4.04. The highest BCUT2D eigenvalue weighted by Crippen LogP contribution is 2.34. The number of hydrogen-bond donors (Lipinski definition) is 1. The molecule has 0 spiro atoms. The maximum Gasteiger partial charge on any atom is 0.238 e. The summed E-state index contributed by atoms with van der Waals surface area (Å²) in [6.07, 6.45) is 0. The lowest BCUT2D eigenvalue weighted by Gasteiger charge is -2.38. The SMILES string of the molecule is Cc1ccccc1C1CN(C(=O)C(C)(C)Sc2ccccc2)CCN1. The van der Waals surface area contributed by atoms with Gasteiger partial charge in [-0.1, -0.05) is 42.5 Å². The first-order valence-electron chi connectivity index (χ1n) is 8.80. The van der Waals surface area contributed by atoms with Gasteiger partial charge in [0.15, 0.2) is 0 Å². The number of nitrogens with one attached hydrogen (secondary N) is 1. The number of benzene rings is 2. The van der Waals surface area contributed by atoms with Gasteiger partial charge < -0.3 is 10.2 Å². The molecule has 2 aromatic carbocycles. The Morgan fingerprint density at radius 2 is 1.80 bits per heavy atom. The summed E-state index contributed by atoms with van der Waals surface area (Å²) in [4.78, 5) is 16.3. The molecule has 1 amide bonds. The van der Waals surface area contributed by atoms with E-state index >= 15 is 0 Å². The zero-order valence-electron chi connectivity index (χ0n) is 15.2. The number of aryl methyl sites for hydroxylation is 1. The molecular formula is C21H26N2OS. The molecule has 0 saturated carbocycles. The molecule has 4 heteroatoms. The standard InChI is InChI=1S/C21H26N2OS/c1-16-9-7-8-12-18(16)19-15-23(14-13-22-19)20(24)21(2,3)25-17-10-5-4-6-11-17/h4-12,19,22H,13-15H2,1-3H3. The number of amides is 1. The van der Waals surface area contributed by atoms with E-state index in [2.05, 4.69) is 48.6 Å². The van der Waals surface area contributed by atoms with E-state index in [0.717, 1.165) is 24.5 Å². The topological polar surface area (TPSA) is 32.3 Å². The minimum Gasteiger partial charge on any atom is -0.338 e. The first kappa shape index (κ1) is 18.0. The Morgan fingerprint density at radius 3 is 2.52 bits per heavy atom. The molecule has 1 atom stereocenters. The lowest BCUT2D eigenvalue weighted by atomic mass is 9.99. The molecule has 3 nitrogen and oxygen atoms in total. The van der Waals surface area contributed by atoms with Crippen molar-refractivity contribution in [3.63, 3.8) is 0 Å². The smallest absolute Gasteiger partial charge is 0.238 e. The molecule has 132 valence electrons. The van der Waals surface area contributed by atoms with E-state index in [1.165, 1.54) is 11.1 Å². The Morgan fingerprint density at radius 1 is 1.12 bits per heavy atom. The van der Waals surface area contributed by atoms with Gasteiger partial charge in [-0.2, -0.15) is 0 Å². The van der Waals surface area contributed by atoms with Gasteiger partial charge in [0.05, 0.1) is 10.8 Å². The van der Waals surface area contributed by atoms with Crippen molar-refractivity contribution in [3.05, 3.63) is 65.7 Å². The highest BCUT2D eigenvalue weighted by molar-refractivity contribution is 8.01. The van der Waals surface area contributed by atoms with Crippen molar-refractivity contribution in [3.8, 4) is 0 Å². The van der Waals surface area contributed by atoms with Gasteiger partial charge in [-0.25, -0.2) is 0 Å². The fraction of sp³-hybridized carbons (Fsp3) is 0.381. The normalized spacial score (nSPS) is 18.2. The zero-order valence-corrected chi connectivity index (χ0v) is 16.0. The van der Waals surface area contributed by atoms with Crippen LogP contribution in [0.5, 0.6) is 0 Å². The van der Waals surface area contributed by atoms with Gasteiger partial charge in [0.25, 0.3) is 0 Å². The van der Waals surface area contributed by atoms with Crippen molar-refractivity contribution in [1.29, 1.82) is 0 Å². The first-order chi connectivity index (χ1) is 12.0. The van der Waals surface area contributed by atoms with Gasteiger partial charge in [0.1, 0.15) is 0 Å². The van der Waals surface area contributed by atoms with E-state index in [9.17, 15) is 4.79 Å². The second-order valence-electron chi connectivity index (χ2n) is 7.04. The number of hydrogen-bond acceptors (Lipinski definition) is 3. The molecule has 0 bridgehead atoms. The number of carbonyl (C=O) groups is 1. The van der Waals surface area contributed by atoms with Crippen molar-refractivity contribution in [2.45, 2.75) is 36.5 Å². The summed E-state index contributed by atoms with van der Waals surface area (Å²) >= 11 is 1.64. The van der Waals surface area contributed by atoms with Crippen LogP contribution in [0.2, 0.25) is 0 Å². The van der Waals surface area contributed by atoms with E-state index in [0.29, 0.717) is 0 Å². The molecule has 1 aliphatic heterocycles. The number of piperazine rings is 1. The monoisotopic (exact) mass is 354 g/mol. The number of thioether (sulfide) groups is 1. The Kier molecular flexibility index (Phi) is 5.50. The molecule has 1 unspecified atom stereocenters. The molecule has 2 aromatic rings. The average molecular weight is 355 g/mol. The highest BCUT2D eigenvalue weighted by atomic mass is 32.2. The summed E-state index contributed by atoms with van der Waals surface area (Å²) in [6.45, 7) is 8.50. The van der Waals surface area contributed by atoms with Crippen molar-refractivity contribution in [1.82, 2.24) is 10.2 Å². The Hall–Kier alpha value is -1.78. The summed E-state index contributed by atoms with van der Waals surface area (Å²) in [6, 6.07) is 18.8. The molecule has 1 saturated heterocycles. The van der Waals surface area contributed by atoms with Crippen LogP contribution in [0.15, 0.2) is 59.5 Å². The lowest BCUT2D eigenvalue weighted by molar-refractivity contribution is -0.134. The lowest BCUT2D eigenvalue weighted by Crippen LogP contribution is -2.53. The fourth-order valence-electron chi connectivity index (χ4n) is 3.33. The summed E-state index contributed by atoms with van der Waals surface area (Å²) in [5, 5.41) is 3.56. The molecule has 0 radical (unpaired) electrons. The quantitative estimate of drug-likeness (QED) is 0.841. The van der Waals surface area contributed by atoms with Crippen molar-refractivity contribution in [2.75, 3.05) is 19.6 Å². The Bertz CT molecular complexity index is 730. The molecule has 1 fully saturated rings. The molecule has 1 N–H and O–H groups in total. The van der Waals surface area contributed by atoms with Gasteiger partial charge in [0.2, 0.25) is 5.91 Å². The van der Waals surface area contributed by atoms with Crippen LogP contribution in [0.1, 0.15) is 31.0 Å². The Labute approximate surface area is 154 Å². The number of rotatable bonds is 4. The Balaban J connectivity index is 1.72. The van der Waals surface area contributed by atoms with Gasteiger partial charge in [-0.3, -0.25) is 4.79 Å². The van der Waals surface area contributed by atoms with Crippen molar-refractivity contribution < 1.29 is 4.79 Å². The summed E-state index contributed by atoms with van der Waals surface area (Å²) in [5.74, 6) is 0.210. The summed E-state index contributed by atoms with van der Waals surface area (Å²) in [5.41, 5.74) is 2.56.